The van der Waals surface area contributed by atoms with E-state index in [4.69, 9.17) is 10.6 Å². The smallest absolute Gasteiger partial charge is 0.159 e. The molecule has 0 saturated heterocycles. The van der Waals surface area contributed by atoms with Crippen LogP contribution in [-0.4, -0.2) is 18.8 Å². The zero-order chi connectivity index (χ0) is 15.5. The highest BCUT2D eigenvalue weighted by molar-refractivity contribution is 5.20. The van der Waals surface area contributed by atoms with Crippen LogP contribution in [0, 0.1) is 17.6 Å². The Kier molecular flexibility index (Phi) is 5.30. The molecule has 1 aliphatic carbocycles. The molecule has 3 nitrogen and oxygen atoms in total. The first-order valence-electron chi connectivity index (χ1n) is 7.46. The first kappa shape index (κ1) is 16.3. The maximum absolute atomic E-state index is 13.3. The Hall–Kier alpha value is -1.04. The van der Waals surface area contributed by atoms with Gasteiger partial charge in [-0.3, -0.25) is 11.3 Å². The second kappa shape index (κ2) is 6.81. The third-order valence-electron chi connectivity index (χ3n) is 4.79. The lowest BCUT2D eigenvalue weighted by atomic mass is 9.74. The van der Waals surface area contributed by atoms with Gasteiger partial charge in [0.2, 0.25) is 0 Å². The summed E-state index contributed by atoms with van der Waals surface area (Å²) < 4.78 is 32.2. The van der Waals surface area contributed by atoms with Gasteiger partial charge in [-0.25, -0.2) is 8.78 Å². The molecule has 5 heteroatoms. The van der Waals surface area contributed by atoms with Crippen LogP contribution in [0.2, 0.25) is 0 Å². The SMILES string of the molecule is COC1(C(Cc2ccc(F)c(F)c2)NN)CCC(C)CC1. The van der Waals surface area contributed by atoms with Crippen LogP contribution in [0.25, 0.3) is 0 Å². The zero-order valence-electron chi connectivity index (χ0n) is 12.7. The van der Waals surface area contributed by atoms with E-state index in [1.165, 1.54) is 6.07 Å². The average Bonchev–Trinajstić information content (AvgIpc) is 2.50. The second-order valence-electron chi connectivity index (χ2n) is 6.12. The summed E-state index contributed by atoms with van der Waals surface area (Å²) in [5.74, 6) is 4.75. The van der Waals surface area contributed by atoms with Gasteiger partial charge in [-0.05, 0) is 55.7 Å². The summed E-state index contributed by atoms with van der Waals surface area (Å²) in [5.41, 5.74) is 3.19. The van der Waals surface area contributed by atoms with Crippen molar-refractivity contribution in [2.45, 2.75) is 50.7 Å². The summed E-state index contributed by atoms with van der Waals surface area (Å²) in [6.07, 6.45) is 4.52. The molecule has 0 heterocycles. The van der Waals surface area contributed by atoms with Crippen LogP contribution in [0.3, 0.4) is 0 Å². The van der Waals surface area contributed by atoms with E-state index in [-0.39, 0.29) is 11.6 Å². The van der Waals surface area contributed by atoms with Crippen LogP contribution in [0.4, 0.5) is 8.78 Å². The van der Waals surface area contributed by atoms with E-state index in [0.29, 0.717) is 17.9 Å². The van der Waals surface area contributed by atoms with Gasteiger partial charge >= 0.3 is 0 Å². The maximum Gasteiger partial charge on any atom is 0.159 e. The summed E-state index contributed by atoms with van der Waals surface area (Å²) in [6, 6.07) is 3.85. The van der Waals surface area contributed by atoms with Crippen LogP contribution in [0.15, 0.2) is 18.2 Å². The van der Waals surface area contributed by atoms with Crippen molar-refractivity contribution in [2.75, 3.05) is 7.11 Å². The largest absolute Gasteiger partial charge is 0.377 e. The summed E-state index contributed by atoms with van der Waals surface area (Å²) in [5, 5.41) is 0. The number of nitrogens with one attached hydrogen (secondary N) is 1. The minimum atomic E-state index is -0.830. The van der Waals surface area contributed by atoms with Crippen LogP contribution < -0.4 is 11.3 Å². The summed E-state index contributed by atoms with van der Waals surface area (Å²) in [6.45, 7) is 2.24. The van der Waals surface area contributed by atoms with Gasteiger partial charge in [0.25, 0.3) is 0 Å². The molecule has 0 aromatic heterocycles. The number of rotatable bonds is 5. The molecule has 1 fully saturated rings. The first-order chi connectivity index (χ1) is 10.0. The lowest BCUT2D eigenvalue weighted by molar-refractivity contribution is -0.0746. The minimum absolute atomic E-state index is 0.125. The highest BCUT2D eigenvalue weighted by Gasteiger charge is 2.41. The molecule has 1 aliphatic rings. The van der Waals surface area contributed by atoms with Gasteiger partial charge in [0.15, 0.2) is 11.6 Å². The van der Waals surface area contributed by atoms with Crippen LogP contribution in [-0.2, 0) is 11.2 Å². The lowest BCUT2D eigenvalue weighted by Crippen LogP contribution is -2.57. The molecule has 0 radical (unpaired) electrons. The molecule has 0 aliphatic heterocycles. The topological polar surface area (TPSA) is 47.3 Å². The molecule has 0 amide bonds. The van der Waals surface area contributed by atoms with Crippen LogP contribution in [0.5, 0.6) is 0 Å². The van der Waals surface area contributed by atoms with E-state index in [1.807, 2.05) is 0 Å². The molecule has 3 N–H and O–H groups in total. The Morgan fingerprint density at radius 1 is 1.33 bits per heavy atom. The highest BCUT2D eigenvalue weighted by Crippen LogP contribution is 2.37. The van der Waals surface area contributed by atoms with Gasteiger partial charge in [-0.15, -0.1) is 0 Å². The summed E-state index contributed by atoms with van der Waals surface area (Å²) in [4.78, 5) is 0. The van der Waals surface area contributed by atoms with Gasteiger partial charge in [0.1, 0.15) is 0 Å². The number of nitrogens with two attached hydrogens (primary N) is 1. The van der Waals surface area contributed by atoms with Crippen molar-refractivity contribution in [3.05, 3.63) is 35.4 Å². The van der Waals surface area contributed by atoms with E-state index in [1.54, 1.807) is 13.2 Å². The number of benzene rings is 1. The van der Waals surface area contributed by atoms with Gasteiger partial charge in [-0.2, -0.15) is 0 Å². The number of halogens is 2. The van der Waals surface area contributed by atoms with E-state index >= 15 is 0 Å². The van der Waals surface area contributed by atoms with Crippen molar-refractivity contribution >= 4 is 0 Å². The predicted octanol–water partition coefficient (Wildman–Crippen LogP) is 2.93. The molecule has 1 unspecified atom stereocenters. The molecule has 2 rings (SSSR count). The normalized spacial score (nSPS) is 27.6. The van der Waals surface area contributed by atoms with E-state index in [9.17, 15) is 8.78 Å². The van der Waals surface area contributed by atoms with E-state index < -0.39 is 11.6 Å². The maximum atomic E-state index is 13.3. The van der Waals surface area contributed by atoms with E-state index in [2.05, 4.69) is 12.3 Å². The van der Waals surface area contributed by atoms with Gasteiger partial charge in [0, 0.05) is 7.11 Å². The van der Waals surface area contributed by atoms with Crippen molar-refractivity contribution in [1.82, 2.24) is 5.43 Å². The van der Waals surface area contributed by atoms with Gasteiger partial charge < -0.3 is 4.74 Å². The van der Waals surface area contributed by atoms with Crippen LogP contribution in [0.1, 0.15) is 38.2 Å². The Balaban J connectivity index is 2.15. The fraction of sp³-hybridized carbons (Fsp3) is 0.625. The van der Waals surface area contributed by atoms with Crippen molar-refractivity contribution in [2.24, 2.45) is 11.8 Å². The Labute approximate surface area is 124 Å². The van der Waals surface area contributed by atoms with Crippen molar-refractivity contribution < 1.29 is 13.5 Å². The van der Waals surface area contributed by atoms with E-state index in [0.717, 1.165) is 31.7 Å². The Morgan fingerprint density at radius 3 is 2.52 bits per heavy atom. The number of ether oxygens (including phenoxy) is 1. The summed E-state index contributed by atoms with van der Waals surface area (Å²) in [7, 11) is 1.70. The minimum Gasteiger partial charge on any atom is -0.377 e. The number of hydrazine groups is 1. The molecule has 0 spiro atoms. The molecule has 118 valence electrons. The zero-order valence-corrected chi connectivity index (χ0v) is 12.7. The molecular weight excluding hydrogens is 274 g/mol. The number of methoxy groups -OCH3 is 1. The first-order valence-corrected chi connectivity index (χ1v) is 7.46. The molecular formula is C16H24F2N2O. The van der Waals surface area contributed by atoms with Crippen LogP contribution >= 0.6 is 0 Å². The number of hydrogen-bond donors (Lipinski definition) is 2. The third-order valence-corrected chi connectivity index (χ3v) is 4.79. The standard InChI is InChI=1S/C16H24F2N2O/c1-11-5-7-16(21-2,8-6-11)15(20-19)10-12-3-4-13(17)14(18)9-12/h3-4,9,11,15,20H,5-8,10,19H2,1-2H3. The fourth-order valence-electron chi connectivity index (χ4n) is 3.24. The summed E-state index contributed by atoms with van der Waals surface area (Å²) >= 11 is 0. The predicted molar refractivity (Wildman–Crippen MR) is 78.5 cm³/mol. The molecule has 21 heavy (non-hydrogen) atoms. The van der Waals surface area contributed by atoms with Gasteiger partial charge in [0.05, 0.1) is 11.6 Å². The van der Waals surface area contributed by atoms with Crippen molar-refractivity contribution in [3.63, 3.8) is 0 Å². The quantitative estimate of drug-likeness (QED) is 0.649. The van der Waals surface area contributed by atoms with Crippen molar-refractivity contribution in [1.29, 1.82) is 0 Å². The molecule has 1 atom stereocenters. The fourth-order valence-corrected chi connectivity index (χ4v) is 3.24. The number of hydrogen-bond acceptors (Lipinski definition) is 3. The second-order valence-corrected chi connectivity index (χ2v) is 6.12. The third kappa shape index (κ3) is 3.59. The Bertz CT molecular complexity index is 473. The Morgan fingerprint density at radius 2 is 2.00 bits per heavy atom. The molecule has 1 aromatic rings. The molecule has 1 saturated carbocycles. The lowest BCUT2D eigenvalue weighted by Gasteiger charge is -2.43. The highest BCUT2D eigenvalue weighted by atomic mass is 19.2. The molecule has 1 aromatic carbocycles. The monoisotopic (exact) mass is 298 g/mol. The van der Waals surface area contributed by atoms with Crippen molar-refractivity contribution in [3.8, 4) is 0 Å². The average molecular weight is 298 g/mol. The van der Waals surface area contributed by atoms with Gasteiger partial charge in [-0.1, -0.05) is 13.0 Å². The molecule has 0 bridgehead atoms.